The molecule has 0 heterocycles. The van der Waals surface area contributed by atoms with E-state index in [1.807, 2.05) is 30.3 Å². The molecule has 2 aromatic carbocycles. The molecule has 0 bridgehead atoms. The second kappa shape index (κ2) is 5.58. The monoisotopic (exact) mass is 308 g/mol. The number of hydrogen-bond donors (Lipinski definition) is 3. The van der Waals surface area contributed by atoms with Crippen molar-refractivity contribution < 1.29 is 9.90 Å². The van der Waals surface area contributed by atoms with Crippen LogP contribution in [0.25, 0.3) is 0 Å². The second-order valence-electron chi connectivity index (χ2n) is 3.58. The first-order valence-electron chi connectivity index (χ1n) is 5.26. The molecule has 0 spiro atoms. The van der Waals surface area contributed by atoms with Gasteiger partial charge in [-0.3, -0.25) is 0 Å². The minimum atomic E-state index is -0.00472. The topological polar surface area (TPSA) is 75.3 Å². The third kappa shape index (κ3) is 2.83. The summed E-state index contributed by atoms with van der Waals surface area (Å²) in [6, 6.07) is 13.4. The Labute approximate surface area is 111 Å². The zero-order valence-corrected chi connectivity index (χ0v) is 11.2. The first kappa shape index (κ1) is 12.5. The predicted octanol–water partition coefficient (Wildman–Crippen LogP) is 0.198. The Morgan fingerprint density at radius 1 is 1.17 bits per heavy atom. The number of benzene rings is 2. The van der Waals surface area contributed by atoms with E-state index >= 15 is 0 Å². The van der Waals surface area contributed by atoms with Crippen molar-refractivity contribution in [1.82, 2.24) is 0 Å². The molecule has 0 aromatic heterocycles. The van der Waals surface area contributed by atoms with Gasteiger partial charge in [-0.15, -0.1) is 0 Å². The second-order valence-corrected chi connectivity index (χ2v) is 5.99. The SMILES string of the molecule is Nc1cc([Se]c2ccccc2)cc(O)c1NC=O. The predicted molar refractivity (Wildman–Crippen MR) is 73.7 cm³/mol. The zero-order valence-electron chi connectivity index (χ0n) is 9.46. The van der Waals surface area contributed by atoms with E-state index in [0.29, 0.717) is 12.1 Å². The number of nitrogens with two attached hydrogens (primary N) is 1. The Bertz CT molecular complexity index is 535. The number of nitrogen functional groups attached to an aromatic ring is 1. The van der Waals surface area contributed by atoms with Crippen molar-refractivity contribution in [3.63, 3.8) is 0 Å². The molecular formula is C13H12N2O2Se. The average molecular weight is 307 g/mol. The Morgan fingerprint density at radius 3 is 2.50 bits per heavy atom. The standard InChI is InChI=1S/C13H12N2O2Se/c14-11-6-10(7-12(17)13(11)15-8-16)18-9-4-2-1-3-5-9/h1-8,17H,14H2,(H,15,16). The third-order valence-corrected chi connectivity index (χ3v) is 4.36. The molecule has 18 heavy (non-hydrogen) atoms. The number of hydrogen-bond acceptors (Lipinski definition) is 3. The van der Waals surface area contributed by atoms with Crippen LogP contribution < -0.4 is 20.0 Å². The van der Waals surface area contributed by atoms with Crippen molar-refractivity contribution in [2.24, 2.45) is 0 Å². The van der Waals surface area contributed by atoms with Crippen molar-refractivity contribution in [3.05, 3.63) is 42.5 Å². The summed E-state index contributed by atoms with van der Waals surface area (Å²) >= 11 is 0.0760. The van der Waals surface area contributed by atoms with Crippen molar-refractivity contribution in [1.29, 1.82) is 0 Å². The van der Waals surface area contributed by atoms with E-state index in [0.717, 1.165) is 4.46 Å². The van der Waals surface area contributed by atoms with Gasteiger partial charge in [-0.05, 0) is 0 Å². The number of phenolic OH excluding ortho intramolecular Hbond substituents is 1. The normalized spacial score (nSPS) is 10.0. The molecule has 5 heteroatoms. The van der Waals surface area contributed by atoms with Crippen LogP contribution in [0, 0.1) is 0 Å². The molecular weight excluding hydrogens is 295 g/mol. The third-order valence-electron chi connectivity index (χ3n) is 2.30. The van der Waals surface area contributed by atoms with Gasteiger partial charge in [0.05, 0.1) is 0 Å². The van der Waals surface area contributed by atoms with Gasteiger partial charge in [0.25, 0.3) is 0 Å². The summed E-state index contributed by atoms with van der Waals surface area (Å²) in [4.78, 5) is 10.4. The summed E-state index contributed by atoms with van der Waals surface area (Å²) in [6.07, 6.45) is 0.493. The molecule has 2 rings (SSSR count). The van der Waals surface area contributed by atoms with E-state index in [9.17, 15) is 9.90 Å². The average Bonchev–Trinajstić information content (AvgIpc) is 2.35. The zero-order chi connectivity index (χ0) is 13.0. The molecule has 0 radical (unpaired) electrons. The van der Waals surface area contributed by atoms with E-state index in [4.69, 9.17) is 5.73 Å². The van der Waals surface area contributed by atoms with Crippen LogP contribution in [-0.2, 0) is 4.79 Å². The van der Waals surface area contributed by atoms with Crippen LogP contribution in [-0.4, -0.2) is 26.5 Å². The van der Waals surface area contributed by atoms with Gasteiger partial charge in [0.2, 0.25) is 0 Å². The summed E-state index contributed by atoms with van der Waals surface area (Å²) in [5, 5.41) is 12.2. The number of carbonyl (C=O) groups is 1. The van der Waals surface area contributed by atoms with Gasteiger partial charge in [-0.1, -0.05) is 0 Å². The number of aromatic hydroxyl groups is 1. The van der Waals surface area contributed by atoms with Gasteiger partial charge < -0.3 is 0 Å². The van der Waals surface area contributed by atoms with E-state index in [2.05, 4.69) is 5.32 Å². The molecule has 0 aliphatic heterocycles. The number of amides is 1. The number of rotatable bonds is 4. The number of phenols is 1. The summed E-state index contributed by atoms with van der Waals surface area (Å²) in [5.74, 6) is -0.00472. The molecule has 0 fully saturated rings. The summed E-state index contributed by atoms with van der Waals surface area (Å²) in [7, 11) is 0. The van der Waals surface area contributed by atoms with Gasteiger partial charge in [-0.25, -0.2) is 0 Å². The fourth-order valence-corrected chi connectivity index (χ4v) is 3.46. The van der Waals surface area contributed by atoms with Crippen molar-refractivity contribution in [2.75, 3.05) is 11.1 Å². The molecule has 0 atom stereocenters. The van der Waals surface area contributed by atoms with Crippen molar-refractivity contribution in [3.8, 4) is 5.75 Å². The molecule has 0 unspecified atom stereocenters. The van der Waals surface area contributed by atoms with Gasteiger partial charge in [-0.2, -0.15) is 0 Å². The fourth-order valence-electron chi connectivity index (χ4n) is 1.52. The van der Waals surface area contributed by atoms with Crippen LogP contribution in [0.1, 0.15) is 0 Å². The Hall–Kier alpha value is -1.97. The van der Waals surface area contributed by atoms with Gasteiger partial charge >= 0.3 is 111 Å². The van der Waals surface area contributed by atoms with Crippen LogP contribution in [0.2, 0.25) is 0 Å². The van der Waals surface area contributed by atoms with Crippen molar-refractivity contribution in [2.45, 2.75) is 0 Å². The Kier molecular flexibility index (Phi) is 3.87. The molecule has 4 nitrogen and oxygen atoms in total. The van der Waals surface area contributed by atoms with Crippen molar-refractivity contribution >= 4 is 41.7 Å². The first-order valence-corrected chi connectivity index (χ1v) is 6.97. The molecule has 0 saturated heterocycles. The van der Waals surface area contributed by atoms with E-state index in [1.165, 1.54) is 4.46 Å². The van der Waals surface area contributed by atoms with Crippen LogP contribution in [0.3, 0.4) is 0 Å². The maximum atomic E-state index is 10.4. The molecule has 0 saturated carbocycles. The van der Waals surface area contributed by atoms with Crippen LogP contribution in [0.5, 0.6) is 5.75 Å². The van der Waals surface area contributed by atoms with Crippen LogP contribution >= 0.6 is 0 Å². The number of carbonyl (C=O) groups excluding carboxylic acids is 1. The summed E-state index contributed by atoms with van der Waals surface area (Å²) in [6.45, 7) is 0. The molecule has 2 aromatic rings. The molecule has 4 N–H and O–H groups in total. The van der Waals surface area contributed by atoms with Gasteiger partial charge in [0, 0.05) is 0 Å². The Balaban J connectivity index is 2.28. The molecule has 0 aliphatic rings. The molecule has 1 amide bonds. The van der Waals surface area contributed by atoms with Crippen LogP contribution in [0.4, 0.5) is 11.4 Å². The van der Waals surface area contributed by atoms with Gasteiger partial charge in [0.15, 0.2) is 0 Å². The number of nitrogens with one attached hydrogen (secondary N) is 1. The van der Waals surface area contributed by atoms with E-state index < -0.39 is 0 Å². The quantitative estimate of drug-likeness (QED) is 0.327. The first-order chi connectivity index (χ1) is 8.70. The van der Waals surface area contributed by atoms with E-state index in [1.54, 1.807) is 12.1 Å². The maximum absolute atomic E-state index is 10.4. The fraction of sp³-hybridized carbons (Fsp3) is 0. The Morgan fingerprint density at radius 2 is 1.89 bits per heavy atom. The summed E-state index contributed by atoms with van der Waals surface area (Å²) in [5.41, 5.74) is 6.42. The van der Waals surface area contributed by atoms with Crippen LogP contribution in [0.15, 0.2) is 42.5 Å². The van der Waals surface area contributed by atoms with Gasteiger partial charge in [0.1, 0.15) is 0 Å². The molecule has 92 valence electrons. The number of anilines is 2. The molecule has 0 aliphatic carbocycles. The summed E-state index contributed by atoms with van der Waals surface area (Å²) < 4.78 is 2.15. The minimum absolute atomic E-state index is 0.00472. The van der Waals surface area contributed by atoms with E-state index in [-0.39, 0.29) is 26.4 Å².